The number of aliphatic hydroxyl groups is 1. The van der Waals surface area contributed by atoms with E-state index >= 15 is 0 Å². The second kappa shape index (κ2) is 6.82. The van der Waals surface area contributed by atoms with Crippen molar-refractivity contribution in [2.75, 3.05) is 17.7 Å². The van der Waals surface area contributed by atoms with Gasteiger partial charge in [-0.15, -0.1) is 11.6 Å². The van der Waals surface area contributed by atoms with E-state index in [1.807, 2.05) is 0 Å². The third kappa shape index (κ3) is 4.35. The number of benzene rings is 2. The molecule has 0 amide bonds. The molecule has 0 heterocycles. The molecule has 4 N–H and O–H groups in total. The number of fused-ring (bicyclic) bond motifs is 1. The third-order valence-corrected chi connectivity index (χ3v) is 5.27. The smallest absolute Gasteiger partial charge is 0.295 e. The fourth-order valence-corrected chi connectivity index (χ4v) is 3.52. The minimum Gasteiger partial charge on any atom is -0.390 e. The summed E-state index contributed by atoms with van der Waals surface area (Å²) in [6.45, 7) is 0.110. The second-order valence-corrected chi connectivity index (χ2v) is 8.12. The average Bonchev–Trinajstić information content (AvgIpc) is 2.49. The fraction of sp³-hybridized carbons (Fsp3) is 0.231. The number of rotatable bonds is 6. The van der Waals surface area contributed by atoms with Gasteiger partial charge in [-0.25, -0.2) is 0 Å². The van der Waals surface area contributed by atoms with Gasteiger partial charge in [-0.05, 0) is 29.7 Å². The average molecular weight is 396 g/mol. The Morgan fingerprint density at radius 3 is 2.25 bits per heavy atom. The van der Waals surface area contributed by atoms with Crippen molar-refractivity contribution in [2.24, 2.45) is 0 Å². The Labute approximate surface area is 143 Å². The first kappa shape index (κ1) is 18.9. The molecule has 132 valence electrons. The van der Waals surface area contributed by atoms with E-state index in [9.17, 15) is 26.5 Å². The molecule has 0 aromatic heterocycles. The molecule has 2 aromatic carbocycles. The Balaban J connectivity index is 2.63. The van der Waals surface area contributed by atoms with Gasteiger partial charge in [-0.2, -0.15) is 16.8 Å². The van der Waals surface area contributed by atoms with Gasteiger partial charge in [0.1, 0.15) is 4.90 Å². The van der Waals surface area contributed by atoms with Gasteiger partial charge in [0.25, 0.3) is 20.2 Å². The van der Waals surface area contributed by atoms with Crippen LogP contribution in [0.1, 0.15) is 0 Å². The fourth-order valence-electron chi connectivity index (χ4n) is 2.06. The third-order valence-electron chi connectivity index (χ3n) is 3.19. The lowest BCUT2D eigenvalue weighted by Gasteiger charge is -2.12. The van der Waals surface area contributed by atoms with E-state index in [0.717, 1.165) is 6.07 Å². The summed E-state index contributed by atoms with van der Waals surface area (Å²) in [6, 6.07) is 6.05. The number of alkyl halides is 1. The molecule has 0 radical (unpaired) electrons. The van der Waals surface area contributed by atoms with Crippen molar-refractivity contribution < 1.29 is 31.0 Å². The van der Waals surface area contributed by atoms with Gasteiger partial charge in [0.15, 0.2) is 0 Å². The first-order valence-corrected chi connectivity index (χ1v) is 9.94. The molecule has 1 atom stereocenters. The molecule has 2 rings (SSSR count). The van der Waals surface area contributed by atoms with Crippen molar-refractivity contribution in [3.05, 3.63) is 30.3 Å². The maximum atomic E-state index is 11.6. The molecule has 2 aromatic rings. The Morgan fingerprint density at radius 2 is 1.71 bits per heavy atom. The van der Waals surface area contributed by atoms with Crippen LogP contribution < -0.4 is 5.32 Å². The zero-order chi connectivity index (χ0) is 18.1. The highest BCUT2D eigenvalue weighted by molar-refractivity contribution is 7.86. The first-order valence-electron chi connectivity index (χ1n) is 6.53. The quantitative estimate of drug-likeness (QED) is 0.424. The van der Waals surface area contributed by atoms with Crippen LogP contribution in [0, 0.1) is 0 Å². The van der Waals surface area contributed by atoms with E-state index < -0.39 is 36.1 Å². The van der Waals surface area contributed by atoms with Gasteiger partial charge in [0.2, 0.25) is 0 Å². The van der Waals surface area contributed by atoms with E-state index in [4.69, 9.17) is 16.2 Å². The van der Waals surface area contributed by atoms with Gasteiger partial charge in [0.05, 0.1) is 16.9 Å². The molecule has 8 nitrogen and oxygen atoms in total. The van der Waals surface area contributed by atoms with Crippen molar-refractivity contribution in [2.45, 2.75) is 15.9 Å². The lowest BCUT2D eigenvalue weighted by atomic mass is 10.1. The summed E-state index contributed by atoms with van der Waals surface area (Å²) < 4.78 is 64.1. The molecular formula is C13H14ClNO7S2. The highest BCUT2D eigenvalue weighted by Crippen LogP contribution is 2.29. The summed E-state index contributed by atoms with van der Waals surface area (Å²) in [6.07, 6.45) is -0.815. The lowest BCUT2D eigenvalue weighted by Crippen LogP contribution is -2.20. The molecular weight excluding hydrogens is 382 g/mol. The molecule has 0 fully saturated rings. The van der Waals surface area contributed by atoms with Crippen LogP contribution in [0.5, 0.6) is 0 Å². The summed E-state index contributed by atoms with van der Waals surface area (Å²) in [4.78, 5) is -1.31. The molecule has 24 heavy (non-hydrogen) atoms. The maximum Gasteiger partial charge on any atom is 0.295 e. The number of halogens is 1. The largest absolute Gasteiger partial charge is 0.390 e. The van der Waals surface area contributed by atoms with Crippen molar-refractivity contribution in [3.63, 3.8) is 0 Å². The summed E-state index contributed by atoms with van der Waals surface area (Å²) in [5, 5.41) is 12.5. The predicted octanol–water partition coefficient (Wildman–Crippen LogP) is 1.34. The standard InChI is InChI=1S/C13H14ClNO7S2/c14-6-10(16)7-15-9-2-1-8-3-11(23(17,18)19)5-13(12(8)4-9)24(20,21)22/h1-5,10,15-16H,6-7H2,(H,17,18,19)(H,20,21,22). The van der Waals surface area contributed by atoms with Crippen LogP contribution in [0.15, 0.2) is 40.1 Å². The first-order chi connectivity index (χ1) is 11.0. The summed E-state index contributed by atoms with van der Waals surface area (Å²) in [5.41, 5.74) is 0.427. The van der Waals surface area contributed by atoms with Gasteiger partial charge < -0.3 is 10.4 Å². The number of anilines is 1. The molecule has 0 saturated heterocycles. The molecule has 0 saturated carbocycles. The highest BCUT2D eigenvalue weighted by Gasteiger charge is 2.20. The number of aliphatic hydroxyl groups excluding tert-OH is 1. The van der Waals surface area contributed by atoms with Crippen LogP contribution in [0.3, 0.4) is 0 Å². The van der Waals surface area contributed by atoms with E-state index in [1.54, 1.807) is 0 Å². The lowest BCUT2D eigenvalue weighted by molar-refractivity contribution is 0.211. The predicted molar refractivity (Wildman–Crippen MR) is 88.8 cm³/mol. The maximum absolute atomic E-state index is 11.6. The van der Waals surface area contributed by atoms with Crippen molar-refractivity contribution in [1.82, 2.24) is 0 Å². The molecule has 11 heteroatoms. The summed E-state index contributed by atoms with van der Waals surface area (Å²) in [7, 11) is -9.39. The van der Waals surface area contributed by atoms with E-state index in [0.29, 0.717) is 11.8 Å². The molecule has 0 aliphatic carbocycles. The molecule has 1 unspecified atom stereocenters. The zero-order valence-electron chi connectivity index (χ0n) is 12.0. The van der Waals surface area contributed by atoms with Gasteiger partial charge in [0, 0.05) is 17.6 Å². The Kier molecular flexibility index (Phi) is 5.37. The van der Waals surface area contributed by atoms with E-state index in [2.05, 4.69) is 5.32 Å². The van der Waals surface area contributed by atoms with E-state index in [1.165, 1.54) is 18.2 Å². The number of hydrogen-bond acceptors (Lipinski definition) is 6. The second-order valence-electron chi connectivity index (χ2n) is 5.00. The topological polar surface area (TPSA) is 141 Å². The Morgan fingerprint density at radius 1 is 1.04 bits per heavy atom. The summed E-state index contributed by atoms with van der Waals surface area (Å²) >= 11 is 5.48. The van der Waals surface area contributed by atoms with Gasteiger partial charge >= 0.3 is 0 Å². The normalized spacial score (nSPS) is 13.8. The van der Waals surface area contributed by atoms with E-state index in [-0.39, 0.29) is 23.2 Å². The van der Waals surface area contributed by atoms with Crippen LogP contribution in [0.25, 0.3) is 10.8 Å². The Hall–Kier alpha value is -1.43. The van der Waals surface area contributed by atoms with Crippen LogP contribution in [0.2, 0.25) is 0 Å². The SMILES string of the molecule is O=S(=O)(O)c1cc(S(=O)(=O)O)c2cc(NCC(O)CCl)ccc2c1. The van der Waals surface area contributed by atoms with Crippen LogP contribution in [-0.4, -0.2) is 49.6 Å². The number of nitrogens with one attached hydrogen (secondary N) is 1. The minimum absolute atomic E-state index is 0.00850. The van der Waals surface area contributed by atoms with Crippen LogP contribution >= 0.6 is 11.6 Å². The molecule has 0 spiro atoms. The van der Waals surface area contributed by atoms with Crippen molar-refractivity contribution in [3.8, 4) is 0 Å². The zero-order valence-corrected chi connectivity index (χ0v) is 14.4. The van der Waals surface area contributed by atoms with Gasteiger partial charge in [-0.3, -0.25) is 9.11 Å². The Bertz CT molecular complexity index is 973. The van der Waals surface area contributed by atoms with Crippen LogP contribution in [0.4, 0.5) is 5.69 Å². The van der Waals surface area contributed by atoms with Crippen molar-refractivity contribution >= 4 is 48.3 Å². The van der Waals surface area contributed by atoms with Crippen molar-refractivity contribution in [1.29, 1.82) is 0 Å². The monoisotopic (exact) mass is 395 g/mol. The summed E-state index contributed by atoms with van der Waals surface area (Å²) in [5.74, 6) is 0.00850. The minimum atomic E-state index is -4.74. The molecule has 0 aliphatic heterocycles. The van der Waals surface area contributed by atoms with Crippen LogP contribution in [-0.2, 0) is 20.2 Å². The molecule has 0 bridgehead atoms. The molecule has 0 aliphatic rings. The van der Waals surface area contributed by atoms with Gasteiger partial charge in [-0.1, -0.05) is 6.07 Å². The highest BCUT2D eigenvalue weighted by atomic mass is 35.5. The number of hydrogen-bond donors (Lipinski definition) is 4.